The molecular weight excluding hydrogens is 536 g/mol. The Hall–Kier alpha value is -1.90. The van der Waals surface area contributed by atoms with Crippen molar-refractivity contribution in [3.05, 3.63) is 44.7 Å². The molecule has 0 amide bonds. The maximum Gasteiger partial charge on any atom is 0.322 e. The number of ether oxygens (including phenoxy) is 1. The van der Waals surface area contributed by atoms with E-state index < -0.39 is 22.0 Å². The topological polar surface area (TPSA) is 164 Å². The Bertz CT molecular complexity index is 997. The highest BCUT2D eigenvalue weighted by Crippen LogP contribution is 2.34. The number of carbonyl (C=O) groups is 1. The minimum Gasteiger partial charge on any atom is -0.494 e. The molecule has 14 heteroatoms. The summed E-state index contributed by atoms with van der Waals surface area (Å²) in [6.45, 7) is 0.652. The third-order valence-electron chi connectivity index (χ3n) is 3.69. The van der Waals surface area contributed by atoms with Crippen molar-refractivity contribution >= 4 is 60.8 Å². The highest BCUT2D eigenvalue weighted by molar-refractivity contribution is 9.10. The van der Waals surface area contributed by atoms with Crippen LogP contribution in [0.1, 0.15) is 12.0 Å². The van der Waals surface area contributed by atoms with E-state index in [2.05, 4.69) is 26.1 Å². The van der Waals surface area contributed by atoms with Gasteiger partial charge in [0, 0.05) is 10.9 Å². The number of aliphatic carboxylic acids is 1. The fourth-order valence-corrected chi connectivity index (χ4v) is 5.80. The van der Waals surface area contributed by atoms with Crippen molar-refractivity contribution in [3.8, 4) is 5.75 Å². The predicted molar refractivity (Wildman–Crippen MR) is 120 cm³/mol. The maximum absolute atomic E-state index is 12.5. The van der Waals surface area contributed by atoms with Gasteiger partial charge < -0.3 is 15.6 Å². The smallest absolute Gasteiger partial charge is 0.322 e. The van der Waals surface area contributed by atoms with Crippen LogP contribution >= 0.6 is 38.9 Å². The van der Waals surface area contributed by atoms with Crippen molar-refractivity contribution in [2.75, 3.05) is 13.2 Å². The summed E-state index contributed by atoms with van der Waals surface area (Å²) in [6, 6.07) is 6.60. The van der Waals surface area contributed by atoms with Crippen LogP contribution in [0.5, 0.6) is 5.75 Å². The van der Waals surface area contributed by atoms with Gasteiger partial charge in [-0.15, -0.1) is 11.3 Å². The van der Waals surface area contributed by atoms with E-state index in [-0.39, 0.29) is 20.9 Å². The maximum atomic E-state index is 12.5. The Morgan fingerprint density at radius 2 is 2.00 bits per heavy atom. The second-order valence-corrected chi connectivity index (χ2v) is 10.6. The summed E-state index contributed by atoms with van der Waals surface area (Å²) in [7, 11) is -4.05. The predicted octanol–water partition coefficient (Wildman–Crippen LogP) is 2.32. The minimum absolute atomic E-state index is 0.0559. The summed E-state index contributed by atoms with van der Waals surface area (Å²) in [6.07, 6.45) is 0.493. The Kier molecular flexibility index (Phi) is 9.53. The van der Waals surface area contributed by atoms with E-state index in [0.717, 1.165) is 11.3 Å². The molecule has 0 aliphatic carbocycles. The summed E-state index contributed by atoms with van der Waals surface area (Å²) >= 11 is 9.84. The Balaban J connectivity index is 1.91. The quantitative estimate of drug-likeness (QED) is 0.115. The van der Waals surface area contributed by atoms with Gasteiger partial charge in [-0.2, -0.15) is 4.72 Å². The zero-order valence-electron chi connectivity index (χ0n) is 15.9. The van der Waals surface area contributed by atoms with Gasteiger partial charge >= 0.3 is 5.97 Å². The number of carboxylic acid groups (broad SMARTS) is 1. The number of nitrogens with one attached hydrogen (secondary N) is 3. The molecule has 0 unspecified atom stereocenters. The molecule has 0 radical (unpaired) electrons. The molecule has 170 valence electrons. The van der Waals surface area contributed by atoms with Crippen LogP contribution in [0.4, 0.5) is 0 Å². The van der Waals surface area contributed by atoms with Crippen molar-refractivity contribution < 1.29 is 27.9 Å². The van der Waals surface area contributed by atoms with E-state index in [4.69, 9.17) is 32.3 Å². The number of rotatable bonds is 12. The molecule has 1 aromatic carbocycles. The average molecular weight is 556 g/mol. The van der Waals surface area contributed by atoms with Crippen molar-refractivity contribution in [2.24, 2.45) is 5.73 Å². The molecule has 31 heavy (non-hydrogen) atoms. The van der Waals surface area contributed by atoms with Crippen molar-refractivity contribution in [1.29, 1.82) is 5.41 Å². The van der Waals surface area contributed by atoms with Gasteiger partial charge in [-0.3, -0.25) is 15.0 Å². The molecule has 2 aromatic rings. The van der Waals surface area contributed by atoms with Gasteiger partial charge in [-0.05, 0) is 46.1 Å². The summed E-state index contributed by atoms with van der Waals surface area (Å²) in [4.78, 5) is 16.5. The number of nitrogens with two attached hydrogens (primary N) is 1. The first kappa shape index (κ1) is 25.4. The number of sulfonamides is 1. The van der Waals surface area contributed by atoms with Crippen LogP contribution in [-0.2, 0) is 26.1 Å². The average Bonchev–Trinajstić information content (AvgIpc) is 3.04. The van der Waals surface area contributed by atoms with Gasteiger partial charge in [0.2, 0.25) is 5.96 Å². The molecule has 0 fully saturated rings. The van der Waals surface area contributed by atoms with Crippen LogP contribution in [0, 0.1) is 5.41 Å². The van der Waals surface area contributed by atoms with Crippen LogP contribution in [0.15, 0.2) is 39.0 Å². The lowest BCUT2D eigenvalue weighted by Gasteiger charge is -2.14. The molecule has 2 rings (SSSR count). The van der Waals surface area contributed by atoms with E-state index in [1.165, 1.54) is 6.07 Å². The molecule has 10 nitrogen and oxygen atoms in total. The van der Waals surface area contributed by atoms with Gasteiger partial charge in [0.25, 0.3) is 10.0 Å². The first-order chi connectivity index (χ1) is 14.6. The van der Waals surface area contributed by atoms with Crippen LogP contribution in [0.2, 0.25) is 4.34 Å². The Morgan fingerprint density at radius 1 is 1.32 bits per heavy atom. The van der Waals surface area contributed by atoms with Crippen molar-refractivity contribution in [1.82, 2.24) is 10.2 Å². The standard InChI is InChI=1S/C17H20BrClN4O6S2/c18-12-9-14(30-15(12)19)31(26,27)23-13(16(24)25)8-10-2-4-11(5-3-10)28-6-1-7-29-22-17(20)21/h2-5,9,13,23H,1,6-8H2,(H,24,25)(H4,20,21,22)/t13-/m0/s1. The lowest BCUT2D eigenvalue weighted by atomic mass is 10.1. The molecule has 0 saturated heterocycles. The Labute approximate surface area is 196 Å². The molecule has 1 heterocycles. The molecule has 1 atom stereocenters. The first-order valence-corrected chi connectivity index (χ1v) is 12.2. The number of hydrogen-bond acceptors (Lipinski definition) is 7. The highest BCUT2D eigenvalue weighted by Gasteiger charge is 2.27. The van der Waals surface area contributed by atoms with Gasteiger partial charge in [-0.25, -0.2) is 13.9 Å². The zero-order chi connectivity index (χ0) is 23.0. The van der Waals surface area contributed by atoms with Crippen molar-refractivity contribution in [2.45, 2.75) is 23.1 Å². The lowest BCUT2D eigenvalue weighted by Crippen LogP contribution is -2.42. The van der Waals surface area contributed by atoms with Crippen LogP contribution in [0.25, 0.3) is 0 Å². The fourth-order valence-electron chi connectivity index (χ4n) is 2.29. The third kappa shape index (κ3) is 8.27. The number of hydroxylamine groups is 1. The number of halogens is 2. The van der Waals surface area contributed by atoms with E-state index in [1.807, 2.05) is 0 Å². The number of hydrogen-bond donors (Lipinski definition) is 5. The summed E-state index contributed by atoms with van der Waals surface area (Å²) in [5, 5.41) is 16.4. The summed E-state index contributed by atoms with van der Waals surface area (Å²) in [5.74, 6) is -1.02. The zero-order valence-corrected chi connectivity index (χ0v) is 19.9. The normalized spacial score (nSPS) is 12.3. The fraction of sp³-hybridized carbons (Fsp3) is 0.294. The summed E-state index contributed by atoms with van der Waals surface area (Å²) in [5.41, 5.74) is 7.89. The van der Waals surface area contributed by atoms with E-state index >= 15 is 0 Å². The lowest BCUT2D eigenvalue weighted by molar-refractivity contribution is -0.138. The van der Waals surface area contributed by atoms with Crippen LogP contribution < -0.4 is 20.7 Å². The molecule has 0 saturated carbocycles. The first-order valence-electron chi connectivity index (χ1n) is 8.72. The minimum atomic E-state index is -4.05. The molecular formula is C17H20BrClN4O6S2. The summed E-state index contributed by atoms with van der Waals surface area (Å²) < 4.78 is 33.3. The molecule has 0 spiro atoms. The van der Waals surface area contributed by atoms with Gasteiger partial charge in [0.15, 0.2) is 0 Å². The molecule has 1 aromatic heterocycles. The highest BCUT2D eigenvalue weighted by atomic mass is 79.9. The van der Waals surface area contributed by atoms with E-state index in [1.54, 1.807) is 24.3 Å². The molecule has 0 aliphatic heterocycles. The van der Waals surface area contributed by atoms with Gasteiger partial charge in [-0.1, -0.05) is 23.7 Å². The van der Waals surface area contributed by atoms with Gasteiger partial charge in [0.05, 0.1) is 13.2 Å². The van der Waals surface area contributed by atoms with Crippen LogP contribution in [-0.4, -0.2) is 44.7 Å². The monoisotopic (exact) mass is 554 g/mol. The second kappa shape index (κ2) is 11.6. The number of benzene rings is 1. The largest absolute Gasteiger partial charge is 0.494 e. The number of carboxylic acids is 1. The SMILES string of the molecule is N=C(N)NOCCCOc1ccc(C[C@H](NS(=O)(=O)c2cc(Br)c(Cl)s2)C(=O)O)cc1. The van der Waals surface area contributed by atoms with E-state index in [0.29, 0.717) is 35.4 Å². The second-order valence-electron chi connectivity index (χ2n) is 6.11. The van der Waals surface area contributed by atoms with Crippen molar-refractivity contribution in [3.63, 3.8) is 0 Å². The molecule has 0 bridgehead atoms. The number of thiophene rings is 1. The molecule has 6 N–H and O–H groups in total. The number of guanidine groups is 1. The van der Waals surface area contributed by atoms with Gasteiger partial charge in [0.1, 0.15) is 20.3 Å². The Morgan fingerprint density at radius 3 is 2.55 bits per heavy atom. The van der Waals surface area contributed by atoms with E-state index in [9.17, 15) is 18.3 Å². The third-order valence-corrected chi connectivity index (χ3v) is 8.11. The van der Waals surface area contributed by atoms with Crippen LogP contribution in [0.3, 0.4) is 0 Å². The molecule has 0 aliphatic rings.